The van der Waals surface area contributed by atoms with Gasteiger partial charge >= 0.3 is 0 Å². The van der Waals surface area contributed by atoms with E-state index in [9.17, 15) is 14.9 Å². The lowest BCUT2D eigenvalue weighted by atomic mass is 9.92. The van der Waals surface area contributed by atoms with Gasteiger partial charge in [0, 0.05) is 24.7 Å². The van der Waals surface area contributed by atoms with Crippen molar-refractivity contribution >= 4 is 29.7 Å². The van der Waals surface area contributed by atoms with Crippen molar-refractivity contribution in [3.8, 4) is 0 Å². The average molecular weight is 407 g/mol. The van der Waals surface area contributed by atoms with Gasteiger partial charge in [-0.05, 0) is 30.5 Å². The minimum atomic E-state index is -0.504. The van der Waals surface area contributed by atoms with Gasteiger partial charge in [0.15, 0.2) is 0 Å². The number of nitrogens with zero attached hydrogens (tertiary/aromatic N) is 1. The molecule has 0 radical (unpaired) electrons. The van der Waals surface area contributed by atoms with Crippen molar-refractivity contribution in [2.45, 2.75) is 38.8 Å². The Balaban J connectivity index is 0.00000392. The highest BCUT2D eigenvalue weighted by atomic mass is 35.5. The van der Waals surface area contributed by atoms with Gasteiger partial charge in [-0.15, -0.1) is 12.4 Å². The molecular formula is C20H27ClN4O3. The number of anilines is 1. The molecule has 2 aromatic rings. The predicted octanol–water partition coefficient (Wildman–Crippen LogP) is 3.88. The molecule has 152 valence electrons. The van der Waals surface area contributed by atoms with Crippen LogP contribution in [0.5, 0.6) is 0 Å². The van der Waals surface area contributed by atoms with Crippen LogP contribution in [0.3, 0.4) is 0 Å². The average Bonchev–Trinajstić information content (AvgIpc) is 2.71. The molecule has 0 heterocycles. The van der Waals surface area contributed by atoms with Crippen molar-refractivity contribution in [2.24, 2.45) is 5.73 Å². The maximum absolute atomic E-state index is 12.6. The molecule has 0 fully saturated rings. The third-order valence-electron chi connectivity index (χ3n) is 4.91. The van der Waals surface area contributed by atoms with Gasteiger partial charge in [-0.3, -0.25) is 14.9 Å². The van der Waals surface area contributed by atoms with Gasteiger partial charge in [0.05, 0.1) is 10.5 Å². The third-order valence-corrected chi connectivity index (χ3v) is 4.91. The standard InChI is InChI=1S/C20H26N4O3.ClH/c1-3-20(4-2,14-21)23-19(25)16-10-11-17(18(12-16)24(26)27)22-13-15-8-6-5-7-9-15;/h5-12,22H,3-4,13-14,21H2,1-2H3,(H,23,25);1H. The second-order valence-corrected chi connectivity index (χ2v) is 6.47. The quantitative estimate of drug-likeness (QED) is 0.432. The number of rotatable bonds is 9. The maximum atomic E-state index is 12.6. The van der Waals surface area contributed by atoms with E-state index < -0.39 is 10.5 Å². The van der Waals surface area contributed by atoms with Crippen LogP contribution in [0.15, 0.2) is 48.5 Å². The second-order valence-electron chi connectivity index (χ2n) is 6.47. The molecule has 0 spiro atoms. The SMILES string of the molecule is CCC(CC)(CN)NC(=O)c1ccc(NCc2ccccc2)c([N+](=O)[O-])c1.Cl. The number of benzene rings is 2. The van der Waals surface area contributed by atoms with Crippen LogP contribution in [0, 0.1) is 10.1 Å². The van der Waals surface area contributed by atoms with Crippen molar-refractivity contribution in [1.29, 1.82) is 0 Å². The van der Waals surface area contributed by atoms with Crippen molar-refractivity contribution in [2.75, 3.05) is 11.9 Å². The molecule has 0 unspecified atom stereocenters. The number of nitrogens with one attached hydrogen (secondary N) is 2. The van der Waals surface area contributed by atoms with E-state index in [2.05, 4.69) is 10.6 Å². The minimum absolute atomic E-state index is 0. The molecule has 4 N–H and O–H groups in total. The summed E-state index contributed by atoms with van der Waals surface area (Å²) < 4.78 is 0. The number of halogens is 1. The molecule has 0 aliphatic rings. The summed E-state index contributed by atoms with van der Waals surface area (Å²) >= 11 is 0. The van der Waals surface area contributed by atoms with E-state index >= 15 is 0 Å². The number of amides is 1. The third kappa shape index (κ3) is 5.68. The van der Waals surface area contributed by atoms with Crippen LogP contribution in [0.2, 0.25) is 0 Å². The van der Waals surface area contributed by atoms with Crippen LogP contribution in [-0.4, -0.2) is 22.9 Å². The van der Waals surface area contributed by atoms with Crippen LogP contribution in [0.1, 0.15) is 42.6 Å². The van der Waals surface area contributed by atoms with E-state index in [4.69, 9.17) is 5.73 Å². The summed E-state index contributed by atoms with van der Waals surface area (Å²) in [6, 6.07) is 14.0. The van der Waals surface area contributed by atoms with E-state index in [-0.39, 0.29) is 29.6 Å². The Kier molecular flexibility index (Phi) is 8.88. The Hall–Kier alpha value is -2.64. The maximum Gasteiger partial charge on any atom is 0.293 e. The largest absolute Gasteiger partial charge is 0.375 e. The predicted molar refractivity (Wildman–Crippen MR) is 114 cm³/mol. The zero-order valence-electron chi connectivity index (χ0n) is 16.1. The molecular weight excluding hydrogens is 380 g/mol. The molecule has 0 saturated carbocycles. The number of nitrogens with two attached hydrogens (primary N) is 1. The van der Waals surface area contributed by atoms with Crippen molar-refractivity contribution in [3.05, 3.63) is 69.8 Å². The molecule has 2 rings (SSSR count). The molecule has 7 nitrogen and oxygen atoms in total. The Morgan fingerprint density at radius 3 is 2.32 bits per heavy atom. The minimum Gasteiger partial charge on any atom is -0.375 e. The lowest BCUT2D eigenvalue weighted by molar-refractivity contribution is -0.384. The lowest BCUT2D eigenvalue weighted by Gasteiger charge is -2.31. The summed E-state index contributed by atoms with van der Waals surface area (Å²) in [7, 11) is 0. The first-order valence-electron chi connectivity index (χ1n) is 9.03. The van der Waals surface area contributed by atoms with E-state index in [1.807, 2.05) is 44.2 Å². The van der Waals surface area contributed by atoms with Crippen molar-refractivity contribution in [1.82, 2.24) is 5.32 Å². The molecule has 0 aliphatic heterocycles. The number of nitro benzene ring substituents is 1. The number of nitro groups is 1. The zero-order valence-corrected chi connectivity index (χ0v) is 16.9. The van der Waals surface area contributed by atoms with Crippen LogP contribution in [-0.2, 0) is 6.54 Å². The molecule has 2 aromatic carbocycles. The molecule has 0 atom stereocenters. The summed E-state index contributed by atoms with van der Waals surface area (Å²) in [5, 5.41) is 17.5. The molecule has 0 bridgehead atoms. The fraction of sp³-hybridized carbons (Fsp3) is 0.350. The Morgan fingerprint density at radius 2 is 1.79 bits per heavy atom. The highest BCUT2D eigenvalue weighted by Crippen LogP contribution is 2.26. The zero-order chi connectivity index (χ0) is 19.9. The summed E-state index contributed by atoms with van der Waals surface area (Å²) in [4.78, 5) is 23.6. The number of hydrogen-bond acceptors (Lipinski definition) is 5. The van der Waals surface area contributed by atoms with Crippen molar-refractivity contribution in [3.63, 3.8) is 0 Å². The van der Waals surface area contributed by atoms with Gasteiger partial charge < -0.3 is 16.4 Å². The van der Waals surface area contributed by atoms with Gasteiger partial charge in [0.25, 0.3) is 11.6 Å². The van der Waals surface area contributed by atoms with E-state index in [0.717, 1.165) is 5.56 Å². The molecule has 0 aliphatic carbocycles. The van der Waals surface area contributed by atoms with Crippen LogP contribution >= 0.6 is 12.4 Å². The highest BCUT2D eigenvalue weighted by molar-refractivity contribution is 5.96. The highest BCUT2D eigenvalue weighted by Gasteiger charge is 2.27. The summed E-state index contributed by atoms with van der Waals surface area (Å²) in [5.74, 6) is -0.359. The molecule has 28 heavy (non-hydrogen) atoms. The van der Waals surface area contributed by atoms with E-state index in [0.29, 0.717) is 31.6 Å². The molecule has 0 aromatic heterocycles. The van der Waals surface area contributed by atoms with Crippen LogP contribution < -0.4 is 16.4 Å². The molecule has 0 saturated heterocycles. The first-order chi connectivity index (χ1) is 12.9. The van der Waals surface area contributed by atoms with E-state index in [1.165, 1.54) is 6.07 Å². The Morgan fingerprint density at radius 1 is 1.14 bits per heavy atom. The van der Waals surface area contributed by atoms with Gasteiger partial charge in [0.2, 0.25) is 0 Å². The number of carbonyl (C=O) groups excluding carboxylic acids is 1. The summed E-state index contributed by atoms with van der Waals surface area (Å²) in [6.45, 7) is 4.67. The molecule has 8 heteroatoms. The second kappa shape index (κ2) is 10.6. The Labute approximate surface area is 171 Å². The Bertz CT molecular complexity index is 787. The molecule has 1 amide bonds. The summed E-state index contributed by atoms with van der Waals surface area (Å²) in [6.07, 6.45) is 1.37. The smallest absolute Gasteiger partial charge is 0.293 e. The van der Waals surface area contributed by atoms with Crippen LogP contribution in [0.25, 0.3) is 0 Å². The van der Waals surface area contributed by atoms with Gasteiger partial charge in [-0.1, -0.05) is 44.2 Å². The fourth-order valence-corrected chi connectivity index (χ4v) is 2.85. The number of hydrogen-bond donors (Lipinski definition) is 3. The van der Waals surface area contributed by atoms with Gasteiger partial charge in [-0.25, -0.2) is 0 Å². The topological polar surface area (TPSA) is 110 Å². The lowest BCUT2D eigenvalue weighted by Crippen LogP contribution is -2.52. The number of carbonyl (C=O) groups is 1. The first kappa shape index (κ1) is 23.4. The summed E-state index contributed by atoms with van der Waals surface area (Å²) in [5.41, 5.74) is 6.80. The first-order valence-corrected chi connectivity index (χ1v) is 9.03. The normalized spacial score (nSPS) is 10.7. The fourth-order valence-electron chi connectivity index (χ4n) is 2.85. The van der Waals surface area contributed by atoms with Gasteiger partial charge in [-0.2, -0.15) is 0 Å². The van der Waals surface area contributed by atoms with Crippen molar-refractivity contribution < 1.29 is 9.72 Å². The monoisotopic (exact) mass is 406 g/mol. The van der Waals surface area contributed by atoms with Crippen LogP contribution in [0.4, 0.5) is 11.4 Å². The van der Waals surface area contributed by atoms with Gasteiger partial charge in [0.1, 0.15) is 5.69 Å². The van der Waals surface area contributed by atoms with E-state index in [1.54, 1.807) is 12.1 Å².